The maximum absolute atomic E-state index is 5.64. The van der Waals surface area contributed by atoms with Crippen LogP contribution in [0.4, 0.5) is 5.95 Å². The van der Waals surface area contributed by atoms with Crippen LogP contribution in [0.25, 0.3) is 0 Å². The van der Waals surface area contributed by atoms with Gasteiger partial charge < -0.3 is 10.1 Å². The lowest BCUT2D eigenvalue weighted by atomic mass is 10.4. The molecule has 0 aromatic carbocycles. The summed E-state index contributed by atoms with van der Waals surface area (Å²) in [5, 5.41) is 3.54. The van der Waals surface area contributed by atoms with E-state index in [2.05, 4.69) is 21.9 Å². The van der Waals surface area contributed by atoms with Gasteiger partial charge in [0.25, 0.3) is 0 Å². The van der Waals surface area contributed by atoms with Crippen molar-refractivity contribution in [1.29, 1.82) is 0 Å². The Morgan fingerprint density at radius 1 is 1.53 bits per heavy atom. The third-order valence-corrected chi connectivity index (χ3v) is 1.69. The maximum Gasteiger partial charge on any atom is 0.222 e. The van der Waals surface area contributed by atoms with Gasteiger partial charge in [0, 0.05) is 6.54 Å². The topological polar surface area (TPSA) is 47.0 Å². The van der Waals surface area contributed by atoms with Crippen LogP contribution < -0.4 is 5.32 Å². The molecule has 0 aliphatic heterocycles. The summed E-state index contributed by atoms with van der Waals surface area (Å²) in [6.45, 7) is 7.51. The molecule has 0 fully saturated rings. The van der Waals surface area contributed by atoms with Gasteiger partial charge in [0.1, 0.15) is 0 Å². The molecule has 0 atom stereocenters. The Labute approximate surface area is 94.3 Å². The number of rotatable bonds is 6. The zero-order valence-electron chi connectivity index (χ0n) is 8.66. The van der Waals surface area contributed by atoms with Crippen LogP contribution in [0.2, 0.25) is 5.02 Å². The zero-order chi connectivity index (χ0) is 11.1. The first kappa shape index (κ1) is 11.9. The van der Waals surface area contributed by atoms with Crippen LogP contribution in [-0.2, 0) is 4.74 Å². The number of nitrogens with one attached hydrogen (secondary N) is 1. The molecule has 15 heavy (non-hydrogen) atoms. The third kappa shape index (κ3) is 5.34. The van der Waals surface area contributed by atoms with E-state index in [9.17, 15) is 0 Å². The highest BCUT2D eigenvalue weighted by atomic mass is 35.5. The van der Waals surface area contributed by atoms with Crippen molar-refractivity contribution < 1.29 is 4.74 Å². The molecule has 5 heteroatoms. The molecule has 1 heterocycles. The summed E-state index contributed by atoms with van der Waals surface area (Å²) in [7, 11) is 0. The molecule has 0 amide bonds. The average molecular weight is 228 g/mol. The van der Waals surface area contributed by atoms with E-state index in [-0.39, 0.29) is 0 Å². The summed E-state index contributed by atoms with van der Waals surface area (Å²) in [5.74, 6) is 0.554. The molecule has 1 rings (SSSR count). The minimum atomic E-state index is 0.527. The van der Waals surface area contributed by atoms with E-state index in [1.165, 1.54) is 0 Å². The summed E-state index contributed by atoms with van der Waals surface area (Å²) in [6, 6.07) is 0. The highest BCUT2D eigenvalue weighted by Gasteiger charge is 1.94. The lowest BCUT2D eigenvalue weighted by Gasteiger charge is -2.05. The van der Waals surface area contributed by atoms with Gasteiger partial charge in [-0.25, -0.2) is 9.97 Å². The van der Waals surface area contributed by atoms with E-state index < -0.39 is 0 Å². The summed E-state index contributed by atoms with van der Waals surface area (Å²) in [6.07, 6.45) is 3.09. The normalized spacial score (nSPS) is 10.0. The Morgan fingerprint density at radius 3 is 2.80 bits per heavy atom. The molecule has 0 aliphatic rings. The Balaban J connectivity index is 2.15. The number of hydrogen-bond donors (Lipinski definition) is 1. The molecule has 0 saturated heterocycles. The summed E-state index contributed by atoms with van der Waals surface area (Å²) >= 11 is 5.64. The molecular formula is C10H14ClN3O. The smallest absolute Gasteiger partial charge is 0.222 e. The predicted molar refractivity (Wildman–Crippen MR) is 61.2 cm³/mol. The quantitative estimate of drug-likeness (QED) is 0.598. The van der Waals surface area contributed by atoms with Gasteiger partial charge in [0.05, 0.1) is 30.6 Å². The zero-order valence-corrected chi connectivity index (χ0v) is 9.42. The number of hydrogen-bond acceptors (Lipinski definition) is 4. The largest absolute Gasteiger partial charge is 0.375 e. The number of aromatic nitrogens is 2. The fourth-order valence-corrected chi connectivity index (χ4v) is 0.983. The van der Waals surface area contributed by atoms with Crippen LogP contribution in [0.1, 0.15) is 6.92 Å². The molecule has 1 N–H and O–H groups in total. The molecule has 0 saturated carbocycles. The van der Waals surface area contributed by atoms with Gasteiger partial charge in [-0.1, -0.05) is 23.8 Å². The van der Waals surface area contributed by atoms with Gasteiger partial charge in [-0.2, -0.15) is 0 Å². The Kier molecular flexibility index (Phi) is 5.07. The average Bonchev–Trinajstić information content (AvgIpc) is 2.20. The van der Waals surface area contributed by atoms with E-state index in [0.717, 1.165) is 5.57 Å². The second-order valence-corrected chi connectivity index (χ2v) is 3.60. The van der Waals surface area contributed by atoms with E-state index in [1.807, 2.05) is 6.92 Å². The van der Waals surface area contributed by atoms with Crippen molar-refractivity contribution in [3.05, 3.63) is 29.6 Å². The van der Waals surface area contributed by atoms with Crippen molar-refractivity contribution in [2.75, 3.05) is 25.1 Å². The Hall–Kier alpha value is -1.13. The van der Waals surface area contributed by atoms with E-state index in [4.69, 9.17) is 16.3 Å². The third-order valence-electron chi connectivity index (χ3n) is 1.50. The minimum Gasteiger partial charge on any atom is -0.375 e. The van der Waals surface area contributed by atoms with Gasteiger partial charge in [-0.3, -0.25) is 0 Å². The van der Waals surface area contributed by atoms with E-state index >= 15 is 0 Å². The molecule has 1 aromatic heterocycles. The molecule has 0 spiro atoms. The van der Waals surface area contributed by atoms with Crippen molar-refractivity contribution in [3.8, 4) is 0 Å². The first-order valence-corrected chi connectivity index (χ1v) is 5.00. The van der Waals surface area contributed by atoms with Gasteiger partial charge in [-0.05, 0) is 6.92 Å². The van der Waals surface area contributed by atoms with Crippen LogP contribution >= 0.6 is 11.6 Å². The summed E-state index contributed by atoms with van der Waals surface area (Å²) in [4.78, 5) is 7.97. The van der Waals surface area contributed by atoms with Crippen LogP contribution in [0.3, 0.4) is 0 Å². The first-order chi connectivity index (χ1) is 7.18. The van der Waals surface area contributed by atoms with E-state index in [1.54, 1.807) is 12.4 Å². The second-order valence-electron chi connectivity index (χ2n) is 3.16. The summed E-state index contributed by atoms with van der Waals surface area (Å²) in [5.41, 5.74) is 1.01. The molecule has 82 valence electrons. The highest BCUT2D eigenvalue weighted by molar-refractivity contribution is 6.30. The first-order valence-electron chi connectivity index (χ1n) is 4.62. The molecular weight excluding hydrogens is 214 g/mol. The van der Waals surface area contributed by atoms with Crippen LogP contribution in [0, 0.1) is 0 Å². The monoisotopic (exact) mass is 227 g/mol. The number of halogens is 1. The fourth-order valence-electron chi connectivity index (χ4n) is 0.885. The van der Waals surface area contributed by atoms with Gasteiger partial charge in [0.15, 0.2) is 0 Å². The van der Waals surface area contributed by atoms with Crippen molar-refractivity contribution in [2.45, 2.75) is 6.92 Å². The molecule has 4 nitrogen and oxygen atoms in total. The second kappa shape index (κ2) is 6.37. The van der Waals surface area contributed by atoms with Gasteiger partial charge in [0.2, 0.25) is 5.95 Å². The Bertz CT molecular complexity index is 313. The van der Waals surface area contributed by atoms with Crippen LogP contribution in [-0.4, -0.2) is 29.7 Å². The standard InChI is InChI=1S/C10H14ClN3O/c1-8(2)7-15-4-3-12-10-13-5-9(11)6-14-10/h5-6H,1,3-4,7H2,2H3,(H,12,13,14). The lowest BCUT2D eigenvalue weighted by molar-refractivity contribution is 0.167. The van der Waals surface area contributed by atoms with Crippen LogP contribution in [0.15, 0.2) is 24.5 Å². The molecule has 1 aromatic rings. The van der Waals surface area contributed by atoms with Gasteiger partial charge in [-0.15, -0.1) is 0 Å². The van der Waals surface area contributed by atoms with Gasteiger partial charge >= 0.3 is 0 Å². The minimum absolute atomic E-state index is 0.527. The molecule has 0 radical (unpaired) electrons. The highest BCUT2D eigenvalue weighted by Crippen LogP contribution is 2.04. The lowest BCUT2D eigenvalue weighted by Crippen LogP contribution is -2.11. The number of anilines is 1. The summed E-state index contributed by atoms with van der Waals surface area (Å²) < 4.78 is 5.30. The van der Waals surface area contributed by atoms with Crippen LogP contribution in [0.5, 0.6) is 0 Å². The molecule has 0 bridgehead atoms. The van der Waals surface area contributed by atoms with Crippen molar-refractivity contribution in [3.63, 3.8) is 0 Å². The number of ether oxygens (including phenoxy) is 1. The number of nitrogens with zero attached hydrogens (tertiary/aromatic N) is 2. The van der Waals surface area contributed by atoms with Crippen molar-refractivity contribution in [1.82, 2.24) is 9.97 Å². The fraction of sp³-hybridized carbons (Fsp3) is 0.400. The van der Waals surface area contributed by atoms with Crippen molar-refractivity contribution >= 4 is 17.5 Å². The van der Waals surface area contributed by atoms with E-state index in [0.29, 0.717) is 30.7 Å². The van der Waals surface area contributed by atoms with Crippen molar-refractivity contribution in [2.24, 2.45) is 0 Å². The molecule has 0 aliphatic carbocycles. The molecule has 0 unspecified atom stereocenters. The maximum atomic E-state index is 5.64. The Morgan fingerprint density at radius 2 is 2.20 bits per heavy atom. The predicted octanol–water partition coefficient (Wildman–Crippen LogP) is 2.13. The SMILES string of the molecule is C=C(C)COCCNc1ncc(Cl)cn1.